The fourth-order valence-electron chi connectivity index (χ4n) is 1.90. The van der Waals surface area contributed by atoms with Crippen LogP contribution < -0.4 is 4.72 Å². The van der Waals surface area contributed by atoms with Crippen LogP contribution in [0.1, 0.15) is 23.0 Å². The number of furan rings is 1. The van der Waals surface area contributed by atoms with Gasteiger partial charge in [0.2, 0.25) is 0 Å². The molecule has 2 aromatic rings. The van der Waals surface area contributed by atoms with Crippen LogP contribution >= 0.6 is 11.9 Å². The fraction of sp³-hybridized carbons (Fsp3) is 0.308. The van der Waals surface area contributed by atoms with Gasteiger partial charge in [-0.1, -0.05) is 18.9 Å². The minimum atomic E-state index is -0.355. The molecule has 0 saturated carbocycles. The number of aryl methyl sites for hydroxylation is 1. The van der Waals surface area contributed by atoms with E-state index in [9.17, 15) is 4.79 Å². The number of ether oxygens (including phenoxy) is 1. The Hall–Kier alpha value is -1.62. The quantitative estimate of drug-likeness (QED) is 0.677. The summed E-state index contributed by atoms with van der Waals surface area (Å²) in [5, 5.41) is 0.790. The van der Waals surface area contributed by atoms with Crippen molar-refractivity contribution in [3.8, 4) is 0 Å². The Morgan fingerprint density at radius 1 is 1.50 bits per heavy atom. The van der Waals surface area contributed by atoms with Crippen LogP contribution in [0.4, 0.5) is 5.69 Å². The van der Waals surface area contributed by atoms with E-state index in [0.29, 0.717) is 23.3 Å². The lowest BCUT2D eigenvalue weighted by Crippen LogP contribution is -2.03. The second-order valence-electron chi connectivity index (χ2n) is 3.76. The molecule has 0 radical (unpaired) electrons. The van der Waals surface area contributed by atoms with Gasteiger partial charge in [-0.05, 0) is 18.2 Å². The zero-order valence-corrected chi connectivity index (χ0v) is 11.4. The topological polar surface area (TPSA) is 51.5 Å². The van der Waals surface area contributed by atoms with E-state index in [1.165, 1.54) is 19.1 Å². The molecule has 0 aliphatic heterocycles. The monoisotopic (exact) mass is 265 g/mol. The third-order valence-electron chi connectivity index (χ3n) is 2.69. The Labute approximate surface area is 110 Å². The van der Waals surface area contributed by atoms with Crippen molar-refractivity contribution >= 4 is 34.6 Å². The molecule has 96 valence electrons. The fourth-order valence-corrected chi connectivity index (χ4v) is 2.27. The summed E-state index contributed by atoms with van der Waals surface area (Å²) in [5.41, 5.74) is 2.17. The maximum Gasteiger partial charge on any atom is 0.342 e. The lowest BCUT2D eigenvalue weighted by Gasteiger charge is -2.02. The van der Waals surface area contributed by atoms with Crippen molar-refractivity contribution in [2.45, 2.75) is 13.3 Å². The number of hydrogen-bond donors (Lipinski definition) is 1. The molecule has 1 aromatic heterocycles. The van der Waals surface area contributed by atoms with Crippen LogP contribution in [0.25, 0.3) is 11.0 Å². The highest BCUT2D eigenvalue weighted by Gasteiger charge is 2.20. The van der Waals surface area contributed by atoms with E-state index in [4.69, 9.17) is 9.15 Å². The molecular formula is C13H15NO3S. The van der Waals surface area contributed by atoms with Gasteiger partial charge in [-0.15, -0.1) is 0 Å². The van der Waals surface area contributed by atoms with Crippen molar-refractivity contribution in [2.24, 2.45) is 0 Å². The smallest absolute Gasteiger partial charge is 0.342 e. The highest BCUT2D eigenvalue weighted by Crippen LogP contribution is 2.30. The second kappa shape index (κ2) is 5.35. The maximum atomic E-state index is 11.8. The second-order valence-corrected chi connectivity index (χ2v) is 4.37. The largest absolute Gasteiger partial charge is 0.465 e. The first kappa shape index (κ1) is 12.8. The van der Waals surface area contributed by atoms with Gasteiger partial charge in [0, 0.05) is 23.8 Å². The molecular weight excluding hydrogens is 250 g/mol. The normalized spacial score (nSPS) is 10.6. The summed E-state index contributed by atoms with van der Waals surface area (Å²) in [4.78, 5) is 11.8. The van der Waals surface area contributed by atoms with Crippen molar-refractivity contribution in [1.82, 2.24) is 0 Å². The number of esters is 1. The van der Waals surface area contributed by atoms with Gasteiger partial charge in [0.1, 0.15) is 16.9 Å². The van der Waals surface area contributed by atoms with Crippen molar-refractivity contribution in [1.29, 1.82) is 0 Å². The van der Waals surface area contributed by atoms with Crippen LogP contribution in [0.2, 0.25) is 0 Å². The molecule has 4 nitrogen and oxygen atoms in total. The van der Waals surface area contributed by atoms with Gasteiger partial charge in [-0.2, -0.15) is 0 Å². The summed E-state index contributed by atoms with van der Waals surface area (Å²) in [6, 6.07) is 5.68. The van der Waals surface area contributed by atoms with E-state index in [2.05, 4.69) is 4.72 Å². The maximum absolute atomic E-state index is 11.8. The number of anilines is 1. The van der Waals surface area contributed by atoms with Gasteiger partial charge < -0.3 is 13.9 Å². The molecule has 0 fully saturated rings. The lowest BCUT2D eigenvalue weighted by atomic mass is 10.1. The SMILES string of the molecule is CCc1oc2ccc(NSC)cc2c1C(=O)OC. The zero-order chi connectivity index (χ0) is 13.1. The average molecular weight is 265 g/mol. The van der Waals surface area contributed by atoms with Crippen LogP contribution in [0.5, 0.6) is 0 Å². The summed E-state index contributed by atoms with van der Waals surface area (Å²) in [7, 11) is 1.38. The molecule has 0 amide bonds. The summed E-state index contributed by atoms with van der Waals surface area (Å²) < 4.78 is 13.6. The Morgan fingerprint density at radius 2 is 2.28 bits per heavy atom. The Morgan fingerprint density at radius 3 is 2.89 bits per heavy atom. The highest BCUT2D eigenvalue weighted by atomic mass is 32.2. The van der Waals surface area contributed by atoms with E-state index in [0.717, 1.165) is 11.1 Å². The van der Waals surface area contributed by atoms with Crippen molar-refractivity contribution < 1.29 is 13.9 Å². The molecule has 2 rings (SSSR count). The zero-order valence-electron chi connectivity index (χ0n) is 10.6. The molecule has 0 bridgehead atoms. The minimum Gasteiger partial charge on any atom is -0.465 e. The first-order valence-corrected chi connectivity index (χ1v) is 6.86. The number of methoxy groups -OCH3 is 1. The van der Waals surface area contributed by atoms with E-state index in [-0.39, 0.29) is 5.97 Å². The molecule has 1 aromatic carbocycles. The lowest BCUT2D eigenvalue weighted by molar-refractivity contribution is 0.0600. The Bertz CT molecular complexity index is 577. The Kier molecular flexibility index (Phi) is 3.81. The predicted molar refractivity (Wildman–Crippen MR) is 74.1 cm³/mol. The third-order valence-corrected chi connectivity index (χ3v) is 3.13. The summed E-state index contributed by atoms with van der Waals surface area (Å²) >= 11 is 1.50. The van der Waals surface area contributed by atoms with Crippen molar-refractivity contribution in [3.63, 3.8) is 0 Å². The Balaban J connectivity index is 2.62. The van der Waals surface area contributed by atoms with Crippen molar-refractivity contribution in [3.05, 3.63) is 29.5 Å². The van der Waals surface area contributed by atoms with Crippen LogP contribution in [-0.4, -0.2) is 19.3 Å². The van der Waals surface area contributed by atoms with Crippen LogP contribution in [0.3, 0.4) is 0 Å². The van der Waals surface area contributed by atoms with E-state index >= 15 is 0 Å². The van der Waals surface area contributed by atoms with Crippen LogP contribution in [0, 0.1) is 0 Å². The highest BCUT2D eigenvalue weighted by molar-refractivity contribution is 7.99. The molecule has 0 aliphatic rings. The molecule has 18 heavy (non-hydrogen) atoms. The predicted octanol–water partition coefficient (Wildman–Crippen LogP) is 3.47. The van der Waals surface area contributed by atoms with Crippen LogP contribution in [0.15, 0.2) is 22.6 Å². The van der Waals surface area contributed by atoms with Gasteiger partial charge >= 0.3 is 5.97 Å². The minimum absolute atomic E-state index is 0.355. The van der Waals surface area contributed by atoms with Gasteiger partial charge in [0.15, 0.2) is 0 Å². The molecule has 0 atom stereocenters. The first-order chi connectivity index (χ1) is 8.71. The molecule has 1 heterocycles. The standard InChI is InChI=1S/C13H15NO3S/c1-4-10-12(13(15)16-2)9-7-8(14-18-3)5-6-11(9)17-10/h5-7,14H,4H2,1-3H3. The number of fused-ring (bicyclic) bond motifs is 1. The van der Waals surface area contributed by atoms with Gasteiger partial charge in [-0.3, -0.25) is 0 Å². The number of rotatable bonds is 4. The van der Waals surface area contributed by atoms with E-state index < -0.39 is 0 Å². The van der Waals surface area contributed by atoms with Gasteiger partial charge in [-0.25, -0.2) is 4.79 Å². The first-order valence-electron chi connectivity index (χ1n) is 5.64. The summed E-state index contributed by atoms with van der Waals surface area (Å²) in [6.07, 6.45) is 2.60. The molecule has 1 N–H and O–H groups in total. The van der Waals surface area contributed by atoms with E-state index in [1.54, 1.807) is 0 Å². The number of carbonyl (C=O) groups excluding carboxylic acids is 1. The molecule has 0 aliphatic carbocycles. The molecule has 5 heteroatoms. The average Bonchev–Trinajstić information content (AvgIpc) is 2.76. The number of nitrogens with one attached hydrogen (secondary N) is 1. The van der Waals surface area contributed by atoms with Crippen molar-refractivity contribution in [2.75, 3.05) is 18.1 Å². The number of hydrogen-bond acceptors (Lipinski definition) is 5. The van der Waals surface area contributed by atoms with Gasteiger partial charge in [0.25, 0.3) is 0 Å². The summed E-state index contributed by atoms with van der Waals surface area (Å²) in [5.74, 6) is 0.310. The van der Waals surface area contributed by atoms with Crippen LogP contribution in [-0.2, 0) is 11.2 Å². The molecule has 0 spiro atoms. The molecule has 0 saturated heterocycles. The van der Waals surface area contributed by atoms with Gasteiger partial charge in [0.05, 0.1) is 7.11 Å². The third kappa shape index (κ3) is 2.18. The molecule has 0 unspecified atom stereocenters. The summed E-state index contributed by atoms with van der Waals surface area (Å²) in [6.45, 7) is 1.95. The number of carbonyl (C=O) groups is 1. The number of benzene rings is 1. The van der Waals surface area contributed by atoms with E-state index in [1.807, 2.05) is 31.4 Å².